The third-order valence-electron chi connectivity index (χ3n) is 8.38. The maximum absolute atomic E-state index is 12.5. The Morgan fingerprint density at radius 2 is 0.981 bits per heavy atom. The molecule has 0 aromatic rings. The molecule has 2 atom stereocenters. The van der Waals surface area contributed by atoms with E-state index >= 15 is 0 Å². The highest BCUT2D eigenvalue weighted by Gasteiger charge is 2.25. The smallest absolute Gasteiger partial charge is 0.462 e. The van der Waals surface area contributed by atoms with E-state index in [1.54, 1.807) is 0 Å². The molecular weight excluding hydrogens is 689 g/mol. The number of esters is 2. The fourth-order valence-electron chi connectivity index (χ4n) is 5.26. The fourth-order valence-corrected chi connectivity index (χ4v) is 6.02. The summed E-state index contributed by atoms with van der Waals surface area (Å²) in [6.07, 6.45) is 45.4. The normalized spacial score (nSPS) is 14.0. The summed E-state index contributed by atoms with van der Waals surface area (Å²) in [6, 6.07) is 0. The Hall–Kier alpha value is -2.29. The molecule has 0 bridgehead atoms. The molecule has 0 amide bonds. The Balaban J connectivity index is 4.27. The van der Waals surface area contributed by atoms with E-state index in [9.17, 15) is 19.0 Å². The number of carbonyl (C=O) groups is 2. The van der Waals surface area contributed by atoms with Crippen molar-refractivity contribution in [3.05, 3.63) is 60.8 Å². The van der Waals surface area contributed by atoms with E-state index in [4.69, 9.17) is 24.3 Å². The molecule has 0 saturated heterocycles. The summed E-state index contributed by atoms with van der Waals surface area (Å²) in [7, 11) is -4.39. The number of allylic oxidation sites excluding steroid dienone is 10. The Labute approximate surface area is 323 Å². The Morgan fingerprint density at radius 1 is 0.566 bits per heavy atom. The van der Waals surface area contributed by atoms with Crippen molar-refractivity contribution in [2.75, 3.05) is 26.4 Å². The summed E-state index contributed by atoms with van der Waals surface area (Å²) < 4.78 is 32.7. The summed E-state index contributed by atoms with van der Waals surface area (Å²) in [5, 5.41) is 0. The topological polar surface area (TPSA) is 134 Å². The second-order valence-electron chi connectivity index (χ2n) is 13.5. The standard InChI is InChI=1S/C43H76NO8P/c1-3-5-7-9-11-13-15-17-18-19-20-21-22-24-25-27-29-31-33-35-42(45)49-39-41(40-51-53(47,48)50-38-37-44)52-43(46)36-34-32-30-28-26-23-16-14-12-10-8-6-4-2/h11,13,17-18,20-21,23-26,41H,3-10,12,14-16,19,22,27-40,44H2,1-2H3,(H,47,48)/b13-11+,18-17+,21-20+,25-24+,26-23+/t41-/m0/s1. The number of phosphoric ester groups is 1. The van der Waals surface area contributed by atoms with Gasteiger partial charge < -0.3 is 20.1 Å². The van der Waals surface area contributed by atoms with Gasteiger partial charge in [0, 0.05) is 19.4 Å². The maximum atomic E-state index is 12.5. The Kier molecular flexibility index (Phi) is 37.7. The van der Waals surface area contributed by atoms with Gasteiger partial charge in [-0.1, -0.05) is 132 Å². The van der Waals surface area contributed by atoms with E-state index < -0.39 is 32.5 Å². The fraction of sp³-hybridized carbons (Fsp3) is 0.721. The third kappa shape index (κ3) is 39.2. The highest BCUT2D eigenvalue weighted by molar-refractivity contribution is 7.47. The van der Waals surface area contributed by atoms with Gasteiger partial charge in [0.1, 0.15) is 6.61 Å². The van der Waals surface area contributed by atoms with Crippen LogP contribution in [0.1, 0.15) is 168 Å². The molecule has 53 heavy (non-hydrogen) atoms. The van der Waals surface area contributed by atoms with E-state index in [-0.39, 0.29) is 32.6 Å². The van der Waals surface area contributed by atoms with E-state index in [0.717, 1.165) is 64.2 Å². The van der Waals surface area contributed by atoms with Gasteiger partial charge in [-0.2, -0.15) is 0 Å². The molecule has 0 aromatic heterocycles. The minimum atomic E-state index is -4.39. The van der Waals surface area contributed by atoms with Crippen molar-refractivity contribution in [1.82, 2.24) is 0 Å². The summed E-state index contributed by atoms with van der Waals surface area (Å²) in [5.74, 6) is -0.888. The molecule has 0 aromatic carbocycles. The molecule has 0 aliphatic carbocycles. The zero-order valence-electron chi connectivity index (χ0n) is 33.5. The van der Waals surface area contributed by atoms with E-state index in [2.05, 4.69) is 74.6 Å². The van der Waals surface area contributed by atoms with Crippen molar-refractivity contribution in [3.8, 4) is 0 Å². The van der Waals surface area contributed by atoms with Crippen LogP contribution >= 0.6 is 7.82 Å². The van der Waals surface area contributed by atoms with Gasteiger partial charge in [-0.15, -0.1) is 0 Å². The minimum Gasteiger partial charge on any atom is -0.462 e. The number of hydrogen-bond acceptors (Lipinski definition) is 8. The molecule has 10 heteroatoms. The molecule has 0 saturated carbocycles. The summed E-state index contributed by atoms with van der Waals surface area (Å²) in [5.41, 5.74) is 5.33. The van der Waals surface area contributed by atoms with Gasteiger partial charge in [-0.25, -0.2) is 4.57 Å². The second-order valence-corrected chi connectivity index (χ2v) is 14.9. The first-order valence-electron chi connectivity index (χ1n) is 20.8. The zero-order valence-corrected chi connectivity index (χ0v) is 34.4. The molecule has 0 spiro atoms. The van der Waals surface area contributed by atoms with Crippen molar-refractivity contribution in [2.24, 2.45) is 5.73 Å². The molecule has 0 fully saturated rings. The largest absolute Gasteiger partial charge is 0.472 e. The lowest BCUT2D eigenvalue weighted by Gasteiger charge is -2.19. The lowest BCUT2D eigenvalue weighted by Crippen LogP contribution is -2.29. The minimum absolute atomic E-state index is 0.0441. The van der Waals surface area contributed by atoms with Gasteiger partial charge in [0.2, 0.25) is 0 Å². The predicted octanol–water partition coefficient (Wildman–Crippen LogP) is 11.7. The summed E-state index contributed by atoms with van der Waals surface area (Å²) in [4.78, 5) is 34.8. The molecular formula is C43H76NO8P. The molecule has 9 nitrogen and oxygen atoms in total. The maximum Gasteiger partial charge on any atom is 0.472 e. The highest BCUT2D eigenvalue weighted by Crippen LogP contribution is 2.43. The first-order chi connectivity index (χ1) is 25.8. The predicted molar refractivity (Wildman–Crippen MR) is 219 cm³/mol. The third-order valence-corrected chi connectivity index (χ3v) is 9.36. The van der Waals surface area contributed by atoms with Crippen molar-refractivity contribution in [1.29, 1.82) is 0 Å². The Morgan fingerprint density at radius 3 is 1.51 bits per heavy atom. The van der Waals surface area contributed by atoms with E-state index in [1.165, 1.54) is 64.2 Å². The number of ether oxygens (including phenoxy) is 2. The van der Waals surface area contributed by atoms with Crippen molar-refractivity contribution in [3.63, 3.8) is 0 Å². The van der Waals surface area contributed by atoms with E-state index in [0.29, 0.717) is 12.8 Å². The molecule has 0 heterocycles. The van der Waals surface area contributed by atoms with Crippen LogP contribution in [0.4, 0.5) is 0 Å². The number of hydrogen-bond donors (Lipinski definition) is 2. The van der Waals surface area contributed by atoms with Crippen LogP contribution in [0.2, 0.25) is 0 Å². The van der Waals surface area contributed by atoms with Crippen LogP contribution < -0.4 is 5.73 Å². The van der Waals surface area contributed by atoms with Gasteiger partial charge in [-0.3, -0.25) is 18.6 Å². The highest BCUT2D eigenvalue weighted by atomic mass is 31.2. The van der Waals surface area contributed by atoms with Gasteiger partial charge in [0.15, 0.2) is 6.10 Å². The average Bonchev–Trinajstić information content (AvgIpc) is 3.14. The molecule has 0 radical (unpaired) electrons. The van der Waals surface area contributed by atoms with Crippen LogP contribution in [0.3, 0.4) is 0 Å². The second kappa shape index (κ2) is 39.4. The quantitative estimate of drug-likeness (QED) is 0.0272. The summed E-state index contributed by atoms with van der Waals surface area (Å²) >= 11 is 0. The lowest BCUT2D eigenvalue weighted by molar-refractivity contribution is -0.161. The van der Waals surface area contributed by atoms with E-state index in [1.807, 2.05) is 0 Å². The molecule has 0 aliphatic rings. The van der Waals surface area contributed by atoms with Crippen LogP contribution in [0.5, 0.6) is 0 Å². The summed E-state index contributed by atoms with van der Waals surface area (Å²) in [6.45, 7) is 3.62. The molecule has 0 aliphatic heterocycles. The number of carbonyl (C=O) groups excluding carboxylic acids is 2. The van der Waals surface area contributed by atoms with Crippen LogP contribution in [0.25, 0.3) is 0 Å². The number of phosphoric acid groups is 1. The van der Waals surface area contributed by atoms with Gasteiger partial charge in [0.05, 0.1) is 13.2 Å². The molecule has 3 N–H and O–H groups in total. The SMILES string of the molecule is CCCCC/C=C/C/C=C/C/C=C/C/C=C/CCCCCC(=O)OC[C@@H](COP(=O)(O)OCCN)OC(=O)CCCCC/C=C/CCCCCCCC. The number of nitrogens with two attached hydrogens (primary N) is 1. The van der Waals surface area contributed by atoms with Crippen LogP contribution in [0, 0.1) is 0 Å². The Bertz CT molecular complexity index is 1050. The van der Waals surface area contributed by atoms with Crippen molar-refractivity contribution >= 4 is 19.8 Å². The number of rotatable bonds is 38. The van der Waals surface area contributed by atoms with Crippen molar-refractivity contribution < 1.29 is 37.6 Å². The van der Waals surface area contributed by atoms with Gasteiger partial charge in [-0.05, 0) is 83.5 Å². The first kappa shape index (κ1) is 50.7. The van der Waals surface area contributed by atoms with Crippen LogP contribution in [-0.4, -0.2) is 49.3 Å². The van der Waals surface area contributed by atoms with Gasteiger partial charge in [0.25, 0.3) is 0 Å². The van der Waals surface area contributed by atoms with Gasteiger partial charge >= 0.3 is 19.8 Å². The van der Waals surface area contributed by atoms with Crippen LogP contribution in [-0.2, 0) is 32.7 Å². The van der Waals surface area contributed by atoms with Crippen molar-refractivity contribution in [2.45, 2.75) is 174 Å². The molecule has 0 rings (SSSR count). The molecule has 306 valence electrons. The van der Waals surface area contributed by atoms with Crippen LogP contribution in [0.15, 0.2) is 60.8 Å². The first-order valence-corrected chi connectivity index (χ1v) is 22.3. The average molecular weight is 766 g/mol. The lowest BCUT2D eigenvalue weighted by atomic mass is 10.1. The zero-order chi connectivity index (χ0) is 38.9. The monoisotopic (exact) mass is 766 g/mol. The number of unbranched alkanes of at least 4 members (excludes halogenated alkanes) is 15. The molecule has 1 unspecified atom stereocenters.